The van der Waals surface area contributed by atoms with Crippen molar-refractivity contribution in [2.24, 2.45) is 0 Å². The maximum absolute atomic E-state index is 8.77. The zero-order valence-electron chi connectivity index (χ0n) is 14.5. The second kappa shape index (κ2) is 9.06. The first-order valence-electron chi connectivity index (χ1n) is 6.92. The van der Waals surface area contributed by atoms with E-state index in [1.165, 1.54) is 0 Å². The molecule has 0 radical (unpaired) electrons. The van der Waals surface area contributed by atoms with Gasteiger partial charge in [0.05, 0.1) is 63.4 Å². The molecular weight excluding hydrogens is 266 g/mol. The van der Waals surface area contributed by atoms with E-state index in [2.05, 4.69) is 63.4 Å². The molecule has 1 unspecified atom stereocenters. The van der Waals surface area contributed by atoms with Crippen LogP contribution < -0.4 is 0 Å². The number of quaternary nitrogens is 3. The van der Waals surface area contributed by atoms with E-state index in [0.29, 0.717) is 6.23 Å². The van der Waals surface area contributed by atoms with Gasteiger partial charge in [0.2, 0.25) is 6.23 Å². The number of nitrogens with zero attached hydrogens (tertiary/aromatic N) is 3. The van der Waals surface area contributed by atoms with Crippen molar-refractivity contribution >= 4 is 0 Å². The third-order valence-corrected chi connectivity index (χ3v) is 2.59. The van der Waals surface area contributed by atoms with Crippen molar-refractivity contribution in [2.75, 3.05) is 83.1 Å². The maximum Gasteiger partial charge on any atom is 0.217 e. The minimum Gasteiger partial charge on any atom is -0.382 e. The number of hydrogen-bond acceptors (Lipinski definition) is 2. The molecule has 5 nitrogen and oxygen atoms in total. The van der Waals surface area contributed by atoms with Crippen LogP contribution in [0.3, 0.4) is 0 Å². The van der Waals surface area contributed by atoms with Gasteiger partial charge in [-0.25, -0.2) is 0 Å². The predicted molar refractivity (Wildman–Crippen MR) is 93.0 cm³/mol. The quantitative estimate of drug-likeness (QED) is 0.581. The molecular formula is C16H44N3O2+3. The zero-order valence-corrected chi connectivity index (χ0v) is 14.5. The van der Waals surface area contributed by atoms with Crippen LogP contribution in [0.2, 0.25) is 0 Å². The molecule has 2 rings (SSSR count). The molecule has 0 aliphatic carbocycles. The highest BCUT2D eigenvalue weighted by Crippen LogP contribution is 2.16. The summed E-state index contributed by atoms with van der Waals surface area (Å²) in [5, 5.41) is 8.77. The largest absolute Gasteiger partial charge is 0.382 e. The van der Waals surface area contributed by atoms with Gasteiger partial charge in [0.25, 0.3) is 0 Å². The third-order valence-electron chi connectivity index (χ3n) is 2.59. The number of likely N-dealkylation sites (tertiary alicyclic amines) is 1. The number of aliphatic hydroxyl groups is 1. The number of ether oxygens (including phenoxy) is 1. The summed E-state index contributed by atoms with van der Waals surface area (Å²) in [6.07, 6.45) is 0.468. The predicted octanol–water partition coefficient (Wildman–Crippen LogP) is 1.08. The Morgan fingerprint density at radius 3 is 1.19 bits per heavy atom. The zero-order chi connectivity index (χ0) is 15.5. The number of likely N-dealkylation sites (N-methyl/N-ethyl adjacent to an activating group) is 2. The Morgan fingerprint density at radius 1 is 0.905 bits per heavy atom. The van der Waals surface area contributed by atoms with Gasteiger partial charge in [-0.15, -0.1) is 0 Å². The number of epoxide rings is 1. The third kappa shape index (κ3) is 17.7. The minimum atomic E-state index is -0.0185. The molecule has 2 aliphatic rings. The fraction of sp³-hybridized carbons (Fsp3) is 1.00. The standard InChI is InChI=1S/2C5H12NO.C4H12N.2CH4/c1-6(2,3)5-4-7-5;1-6(2)3-5(7)4-6;1-5(2,3)4;;/h5H,4H2,1-3H3;5,7H,3-4H2,1-2H3;1-4H3;2*1H4/q3*+1;;. The van der Waals surface area contributed by atoms with Gasteiger partial charge >= 0.3 is 0 Å². The number of aliphatic hydroxyl groups excluding tert-OH is 1. The maximum atomic E-state index is 8.77. The lowest BCUT2D eigenvalue weighted by atomic mass is 10.1. The molecule has 0 spiro atoms. The molecule has 21 heavy (non-hydrogen) atoms. The van der Waals surface area contributed by atoms with E-state index in [1.54, 1.807) is 0 Å². The average Bonchev–Trinajstić information content (AvgIpc) is 2.75. The summed E-state index contributed by atoms with van der Waals surface area (Å²) in [6.45, 7) is 2.81. The van der Waals surface area contributed by atoms with Crippen LogP contribution in [0, 0.1) is 0 Å². The molecule has 0 aromatic rings. The van der Waals surface area contributed by atoms with Gasteiger partial charge in [-0.1, -0.05) is 14.9 Å². The van der Waals surface area contributed by atoms with Crippen LogP contribution in [-0.2, 0) is 4.74 Å². The molecule has 132 valence electrons. The molecule has 0 saturated carbocycles. The van der Waals surface area contributed by atoms with E-state index >= 15 is 0 Å². The molecule has 0 bridgehead atoms. The molecule has 5 heteroatoms. The first kappa shape index (κ1) is 25.7. The van der Waals surface area contributed by atoms with E-state index < -0.39 is 0 Å². The van der Waals surface area contributed by atoms with Crippen molar-refractivity contribution in [1.82, 2.24) is 0 Å². The Hall–Kier alpha value is -0.200. The summed E-state index contributed by atoms with van der Waals surface area (Å²) in [5.74, 6) is 0. The van der Waals surface area contributed by atoms with Crippen LogP contribution in [0.1, 0.15) is 14.9 Å². The Labute approximate surface area is 134 Å². The van der Waals surface area contributed by atoms with Crippen molar-refractivity contribution in [1.29, 1.82) is 0 Å². The van der Waals surface area contributed by atoms with Gasteiger partial charge in [-0.2, -0.15) is 0 Å². The van der Waals surface area contributed by atoms with Crippen LogP contribution in [0.4, 0.5) is 0 Å². The van der Waals surface area contributed by atoms with Gasteiger partial charge in [0.15, 0.2) is 6.10 Å². The summed E-state index contributed by atoms with van der Waals surface area (Å²) in [5.41, 5.74) is 0. The lowest BCUT2D eigenvalue weighted by Gasteiger charge is -2.41. The Kier molecular flexibility index (Phi) is 11.1. The van der Waals surface area contributed by atoms with Crippen molar-refractivity contribution in [3.05, 3.63) is 0 Å². The second-order valence-electron chi connectivity index (χ2n) is 8.54. The van der Waals surface area contributed by atoms with E-state index in [-0.39, 0.29) is 21.0 Å². The van der Waals surface area contributed by atoms with Gasteiger partial charge in [0, 0.05) is 0 Å². The van der Waals surface area contributed by atoms with Crippen molar-refractivity contribution < 1.29 is 23.3 Å². The Balaban J connectivity index is -0.000000225. The van der Waals surface area contributed by atoms with Gasteiger partial charge in [-0.05, 0) is 0 Å². The SMILES string of the molecule is C.C.C[N+](C)(C)C.C[N+](C)(C)C1CO1.C[N+]1(C)CC(O)C1. The van der Waals surface area contributed by atoms with Crippen LogP contribution in [-0.4, -0.2) is 114 Å². The van der Waals surface area contributed by atoms with Crippen LogP contribution in [0.15, 0.2) is 0 Å². The molecule has 0 aromatic heterocycles. The fourth-order valence-electron chi connectivity index (χ4n) is 1.58. The van der Waals surface area contributed by atoms with Crippen molar-refractivity contribution in [3.8, 4) is 0 Å². The summed E-state index contributed by atoms with van der Waals surface area (Å²) in [7, 11) is 19.1. The normalized spacial score (nSPS) is 22.9. The first-order chi connectivity index (χ1) is 8.21. The van der Waals surface area contributed by atoms with E-state index in [1.807, 2.05) is 0 Å². The Bertz CT molecular complexity index is 250. The molecule has 2 fully saturated rings. The molecule has 0 amide bonds. The summed E-state index contributed by atoms with van der Waals surface area (Å²) >= 11 is 0. The molecule has 2 heterocycles. The molecule has 0 aromatic carbocycles. The van der Waals surface area contributed by atoms with Crippen LogP contribution >= 0.6 is 0 Å². The highest BCUT2D eigenvalue weighted by Gasteiger charge is 2.36. The highest BCUT2D eigenvalue weighted by atomic mass is 16.6. The van der Waals surface area contributed by atoms with Gasteiger partial charge < -0.3 is 23.3 Å². The average molecular weight is 311 g/mol. The lowest BCUT2D eigenvalue weighted by Crippen LogP contribution is -2.61. The second-order valence-corrected chi connectivity index (χ2v) is 8.54. The number of hydrogen-bond donors (Lipinski definition) is 1. The molecule has 2 aliphatic heterocycles. The monoisotopic (exact) mass is 310 g/mol. The summed E-state index contributed by atoms with van der Waals surface area (Å²) in [4.78, 5) is 0. The summed E-state index contributed by atoms with van der Waals surface area (Å²) < 4.78 is 7.98. The van der Waals surface area contributed by atoms with E-state index in [9.17, 15) is 0 Å². The van der Waals surface area contributed by atoms with Gasteiger partial charge in [-0.3, -0.25) is 0 Å². The van der Waals surface area contributed by atoms with Crippen molar-refractivity contribution in [3.63, 3.8) is 0 Å². The topological polar surface area (TPSA) is 32.8 Å². The highest BCUT2D eigenvalue weighted by molar-refractivity contribution is 4.61. The smallest absolute Gasteiger partial charge is 0.217 e. The first-order valence-corrected chi connectivity index (χ1v) is 6.92. The fourth-order valence-corrected chi connectivity index (χ4v) is 1.58. The molecule has 2 saturated heterocycles. The Morgan fingerprint density at radius 2 is 1.19 bits per heavy atom. The van der Waals surface area contributed by atoms with Crippen LogP contribution in [0.25, 0.3) is 0 Å². The van der Waals surface area contributed by atoms with Crippen LogP contribution in [0.5, 0.6) is 0 Å². The molecule has 1 N–H and O–H groups in total. The minimum absolute atomic E-state index is 0. The number of rotatable bonds is 1. The van der Waals surface area contributed by atoms with E-state index in [0.717, 1.165) is 33.1 Å². The van der Waals surface area contributed by atoms with Gasteiger partial charge in [0.1, 0.15) is 19.7 Å². The summed E-state index contributed by atoms with van der Waals surface area (Å²) in [6, 6.07) is 0. The van der Waals surface area contributed by atoms with Crippen molar-refractivity contribution in [2.45, 2.75) is 27.2 Å². The van der Waals surface area contributed by atoms with E-state index in [4.69, 9.17) is 9.84 Å². The molecule has 1 atom stereocenters. The lowest BCUT2D eigenvalue weighted by molar-refractivity contribution is -0.937.